The zero-order valence-electron chi connectivity index (χ0n) is 7.73. The number of halogens is 6. The second-order valence-electron chi connectivity index (χ2n) is 3.06. The van der Waals surface area contributed by atoms with Gasteiger partial charge in [0.25, 0.3) is 0 Å². The van der Waals surface area contributed by atoms with Crippen molar-refractivity contribution >= 4 is 44.9 Å². The first kappa shape index (κ1) is 16.6. The van der Waals surface area contributed by atoms with Gasteiger partial charge in [0.1, 0.15) is 0 Å². The molecular formula is C6H8Cl3F3O3S. The Labute approximate surface area is 106 Å². The molecule has 0 amide bonds. The van der Waals surface area contributed by atoms with Crippen molar-refractivity contribution in [2.75, 3.05) is 24.2 Å². The van der Waals surface area contributed by atoms with E-state index in [1.165, 1.54) is 0 Å². The van der Waals surface area contributed by atoms with E-state index in [1.54, 1.807) is 0 Å². The van der Waals surface area contributed by atoms with Crippen LogP contribution in [0.4, 0.5) is 13.2 Å². The predicted molar refractivity (Wildman–Crippen MR) is 55.5 cm³/mol. The van der Waals surface area contributed by atoms with Crippen LogP contribution in [0.25, 0.3) is 0 Å². The van der Waals surface area contributed by atoms with E-state index in [4.69, 9.17) is 34.8 Å². The van der Waals surface area contributed by atoms with Gasteiger partial charge in [-0.15, -0.1) is 34.8 Å². The molecule has 3 nitrogen and oxygen atoms in total. The van der Waals surface area contributed by atoms with Gasteiger partial charge in [-0.05, 0) is 0 Å². The van der Waals surface area contributed by atoms with Gasteiger partial charge >= 0.3 is 15.6 Å². The van der Waals surface area contributed by atoms with Gasteiger partial charge in [-0.3, -0.25) is 4.18 Å². The van der Waals surface area contributed by atoms with E-state index >= 15 is 0 Å². The topological polar surface area (TPSA) is 43.4 Å². The van der Waals surface area contributed by atoms with E-state index in [1.807, 2.05) is 0 Å². The van der Waals surface area contributed by atoms with Crippen LogP contribution in [0.2, 0.25) is 0 Å². The highest BCUT2D eigenvalue weighted by Crippen LogP contribution is 2.29. The minimum absolute atomic E-state index is 0.215. The Morgan fingerprint density at radius 1 is 1.00 bits per heavy atom. The maximum atomic E-state index is 11.9. The molecule has 0 fully saturated rings. The Balaban J connectivity index is 4.68. The predicted octanol–water partition coefficient (Wildman–Crippen LogP) is 2.56. The van der Waals surface area contributed by atoms with Gasteiger partial charge in [-0.2, -0.15) is 21.6 Å². The van der Waals surface area contributed by atoms with Crippen molar-refractivity contribution in [1.82, 2.24) is 0 Å². The molecule has 0 unspecified atom stereocenters. The highest BCUT2D eigenvalue weighted by atomic mass is 35.5. The molecule has 0 spiro atoms. The third-order valence-corrected chi connectivity index (χ3v) is 4.35. The van der Waals surface area contributed by atoms with Crippen LogP contribution in [-0.2, 0) is 14.3 Å². The summed E-state index contributed by atoms with van der Waals surface area (Å²) in [6.07, 6.45) is 0. The molecule has 0 saturated heterocycles. The van der Waals surface area contributed by atoms with Gasteiger partial charge in [0.15, 0.2) is 0 Å². The van der Waals surface area contributed by atoms with Gasteiger partial charge in [0.05, 0.1) is 6.61 Å². The maximum absolute atomic E-state index is 11.9. The van der Waals surface area contributed by atoms with Crippen molar-refractivity contribution in [3.63, 3.8) is 0 Å². The summed E-state index contributed by atoms with van der Waals surface area (Å²) in [5.41, 5.74) is -6.67. The van der Waals surface area contributed by atoms with Crippen molar-refractivity contribution in [3.05, 3.63) is 0 Å². The Hall–Kier alpha value is 0.570. The van der Waals surface area contributed by atoms with E-state index in [0.717, 1.165) is 0 Å². The quantitative estimate of drug-likeness (QED) is 0.429. The van der Waals surface area contributed by atoms with Gasteiger partial charge < -0.3 is 0 Å². The first-order chi connectivity index (χ1) is 7.14. The van der Waals surface area contributed by atoms with E-state index in [0.29, 0.717) is 0 Å². The van der Waals surface area contributed by atoms with Crippen LogP contribution in [-0.4, -0.2) is 38.2 Å². The molecule has 16 heavy (non-hydrogen) atoms. The molecule has 0 aromatic heterocycles. The van der Waals surface area contributed by atoms with Crippen molar-refractivity contribution in [3.8, 4) is 0 Å². The van der Waals surface area contributed by atoms with E-state index in [2.05, 4.69) is 4.18 Å². The highest BCUT2D eigenvalue weighted by Gasteiger charge is 2.48. The third-order valence-electron chi connectivity index (χ3n) is 1.65. The van der Waals surface area contributed by atoms with Crippen molar-refractivity contribution in [2.24, 2.45) is 5.41 Å². The molecule has 0 radical (unpaired) electrons. The molecule has 0 atom stereocenters. The summed E-state index contributed by atoms with van der Waals surface area (Å²) in [5.74, 6) is -0.645. The fourth-order valence-corrected chi connectivity index (χ4v) is 2.12. The average molecular weight is 324 g/mol. The van der Waals surface area contributed by atoms with Crippen LogP contribution in [0.3, 0.4) is 0 Å². The zero-order valence-corrected chi connectivity index (χ0v) is 10.8. The molecule has 0 aromatic rings. The summed E-state index contributed by atoms with van der Waals surface area (Å²) in [6, 6.07) is 0. The molecule has 0 bridgehead atoms. The maximum Gasteiger partial charge on any atom is 0.523 e. The fraction of sp³-hybridized carbons (Fsp3) is 1.00. The summed E-state index contributed by atoms with van der Waals surface area (Å²) in [4.78, 5) is 0. The lowest BCUT2D eigenvalue weighted by Crippen LogP contribution is -2.37. The monoisotopic (exact) mass is 322 g/mol. The van der Waals surface area contributed by atoms with Crippen LogP contribution in [0.1, 0.15) is 0 Å². The summed E-state index contributed by atoms with van der Waals surface area (Å²) >= 11 is 16.3. The number of alkyl halides is 6. The van der Waals surface area contributed by atoms with E-state index in [-0.39, 0.29) is 17.6 Å². The number of rotatable bonds is 6. The smallest absolute Gasteiger partial charge is 0.262 e. The van der Waals surface area contributed by atoms with Gasteiger partial charge in [0, 0.05) is 23.1 Å². The van der Waals surface area contributed by atoms with Gasteiger partial charge in [-0.25, -0.2) is 0 Å². The van der Waals surface area contributed by atoms with Crippen LogP contribution in [0.15, 0.2) is 0 Å². The average Bonchev–Trinajstić information content (AvgIpc) is 2.19. The van der Waals surface area contributed by atoms with Crippen LogP contribution in [0.5, 0.6) is 0 Å². The molecule has 0 rings (SSSR count). The SMILES string of the molecule is O=S(=O)(OCC(CCl)(CCl)CCl)C(F)(F)F. The van der Waals surface area contributed by atoms with Crippen molar-refractivity contribution in [2.45, 2.75) is 5.51 Å². The van der Waals surface area contributed by atoms with Crippen molar-refractivity contribution in [1.29, 1.82) is 0 Å². The van der Waals surface area contributed by atoms with Crippen LogP contribution < -0.4 is 0 Å². The molecule has 0 aromatic carbocycles. The Kier molecular flexibility index (Phi) is 6.16. The molecule has 98 valence electrons. The second-order valence-corrected chi connectivity index (χ2v) is 5.47. The highest BCUT2D eigenvalue weighted by molar-refractivity contribution is 7.87. The molecule has 0 heterocycles. The molecule has 0 aliphatic heterocycles. The largest absolute Gasteiger partial charge is 0.523 e. The van der Waals surface area contributed by atoms with Crippen LogP contribution >= 0.6 is 34.8 Å². The minimum atomic E-state index is -5.64. The van der Waals surface area contributed by atoms with E-state index < -0.39 is 27.6 Å². The minimum Gasteiger partial charge on any atom is -0.262 e. The normalized spacial score (nSPS) is 14.1. The molecular weight excluding hydrogens is 315 g/mol. The standard InChI is InChI=1S/C6H8Cl3F3O3S/c7-1-5(2-8,3-9)4-15-16(13,14)6(10,11)12/h1-4H2. The Bertz CT molecular complexity index is 304. The second kappa shape index (κ2) is 5.95. The van der Waals surface area contributed by atoms with Crippen molar-refractivity contribution < 1.29 is 25.8 Å². The lowest BCUT2D eigenvalue weighted by molar-refractivity contribution is -0.0557. The van der Waals surface area contributed by atoms with E-state index in [9.17, 15) is 21.6 Å². The van der Waals surface area contributed by atoms with Crippen LogP contribution in [0, 0.1) is 5.41 Å². The molecule has 10 heteroatoms. The lowest BCUT2D eigenvalue weighted by atomic mass is 9.98. The summed E-state index contributed by atoms with van der Waals surface area (Å²) in [6.45, 7) is -0.814. The summed E-state index contributed by atoms with van der Waals surface area (Å²) < 4.78 is 60.7. The number of hydrogen-bond acceptors (Lipinski definition) is 3. The lowest BCUT2D eigenvalue weighted by Gasteiger charge is -2.26. The summed E-state index contributed by atoms with van der Waals surface area (Å²) in [5, 5.41) is 0. The van der Waals surface area contributed by atoms with Gasteiger partial charge in [-0.1, -0.05) is 0 Å². The molecule has 0 N–H and O–H groups in total. The molecule has 0 saturated carbocycles. The zero-order chi connectivity index (χ0) is 13.0. The summed E-state index contributed by atoms with van der Waals surface area (Å²) in [7, 11) is -5.64. The molecule has 0 aliphatic carbocycles. The molecule has 0 aliphatic rings. The fourth-order valence-electron chi connectivity index (χ4n) is 0.492. The Morgan fingerprint density at radius 3 is 1.62 bits per heavy atom. The third kappa shape index (κ3) is 4.10. The van der Waals surface area contributed by atoms with Gasteiger partial charge in [0.2, 0.25) is 0 Å². The first-order valence-corrected chi connectivity index (χ1v) is 6.79. The first-order valence-electron chi connectivity index (χ1n) is 3.78. The Morgan fingerprint density at radius 2 is 1.38 bits per heavy atom. The number of hydrogen-bond donors (Lipinski definition) is 0.